The van der Waals surface area contributed by atoms with Gasteiger partial charge in [-0.15, -0.1) is 0 Å². The molecule has 3 heteroatoms. The molecule has 144 valence electrons. The van der Waals surface area contributed by atoms with E-state index in [9.17, 15) is 4.79 Å². The molecule has 0 spiro atoms. The van der Waals surface area contributed by atoms with E-state index in [0.29, 0.717) is 0 Å². The molecule has 0 unspecified atom stereocenters. The first-order chi connectivity index (χ1) is 13.7. The monoisotopic (exact) mass is 373 g/mol. The second-order valence-corrected chi connectivity index (χ2v) is 7.04. The molecule has 3 rings (SSSR count). The fourth-order valence-electron chi connectivity index (χ4n) is 3.67. The van der Waals surface area contributed by atoms with E-state index in [2.05, 4.69) is 65.6 Å². The van der Waals surface area contributed by atoms with Gasteiger partial charge in [-0.2, -0.15) is 0 Å². The molecule has 0 aliphatic carbocycles. The van der Waals surface area contributed by atoms with Crippen molar-refractivity contribution in [3.63, 3.8) is 0 Å². The molecular weight excluding hydrogens is 346 g/mol. The van der Waals surface area contributed by atoms with E-state index in [-0.39, 0.29) is 17.9 Å². The maximum Gasteiger partial charge on any atom is 0.310 e. The molecule has 28 heavy (non-hydrogen) atoms. The van der Waals surface area contributed by atoms with E-state index in [4.69, 9.17) is 4.74 Å². The Hall–Kier alpha value is -2.91. The average molecular weight is 373 g/mol. The van der Waals surface area contributed by atoms with Gasteiger partial charge in [0.2, 0.25) is 0 Å². The van der Waals surface area contributed by atoms with Crippen molar-refractivity contribution < 1.29 is 9.53 Å². The number of rotatable bonds is 8. The highest BCUT2D eigenvalue weighted by atomic mass is 16.5. The van der Waals surface area contributed by atoms with Crippen LogP contribution in [0, 0.1) is 5.92 Å². The second kappa shape index (κ2) is 9.86. The van der Waals surface area contributed by atoms with Crippen molar-refractivity contribution in [1.29, 1.82) is 0 Å². The summed E-state index contributed by atoms with van der Waals surface area (Å²) in [5, 5.41) is 0. The predicted octanol–water partition coefficient (Wildman–Crippen LogP) is 5.24. The first-order valence-electron chi connectivity index (χ1n) is 9.63. The highest BCUT2D eigenvalue weighted by molar-refractivity contribution is 5.73. The Morgan fingerprint density at radius 3 is 1.64 bits per heavy atom. The van der Waals surface area contributed by atoms with Crippen molar-refractivity contribution in [1.82, 2.24) is 4.90 Å². The smallest absolute Gasteiger partial charge is 0.310 e. The molecule has 0 aromatic heterocycles. The Bertz CT molecular complexity index is 808. The first-order valence-corrected chi connectivity index (χ1v) is 9.63. The van der Waals surface area contributed by atoms with Gasteiger partial charge in [-0.05, 0) is 16.7 Å². The first kappa shape index (κ1) is 19.8. The van der Waals surface area contributed by atoms with Gasteiger partial charge in [0.05, 0.1) is 13.0 Å². The summed E-state index contributed by atoms with van der Waals surface area (Å²) in [6.07, 6.45) is 0. The van der Waals surface area contributed by atoms with Crippen molar-refractivity contribution >= 4 is 5.97 Å². The number of benzene rings is 3. The largest absolute Gasteiger partial charge is 0.469 e. The van der Waals surface area contributed by atoms with Crippen molar-refractivity contribution in [2.24, 2.45) is 5.92 Å². The van der Waals surface area contributed by atoms with Crippen molar-refractivity contribution in [3.05, 3.63) is 108 Å². The van der Waals surface area contributed by atoms with E-state index < -0.39 is 0 Å². The Kier molecular flexibility index (Phi) is 6.99. The summed E-state index contributed by atoms with van der Waals surface area (Å²) >= 11 is 0. The molecule has 0 saturated heterocycles. The van der Waals surface area contributed by atoms with Crippen LogP contribution in [-0.2, 0) is 22.6 Å². The third-order valence-electron chi connectivity index (χ3n) is 5.04. The van der Waals surface area contributed by atoms with Gasteiger partial charge in [-0.3, -0.25) is 9.69 Å². The van der Waals surface area contributed by atoms with E-state index in [1.54, 1.807) is 0 Å². The fraction of sp³-hybridized carbons (Fsp3) is 0.240. The van der Waals surface area contributed by atoms with Gasteiger partial charge < -0.3 is 4.74 Å². The molecule has 0 fully saturated rings. The van der Waals surface area contributed by atoms with Crippen LogP contribution in [0.3, 0.4) is 0 Å². The molecule has 0 aliphatic rings. The van der Waals surface area contributed by atoms with Crippen LogP contribution in [0.5, 0.6) is 0 Å². The Morgan fingerprint density at radius 1 is 0.786 bits per heavy atom. The van der Waals surface area contributed by atoms with Crippen LogP contribution in [0.2, 0.25) is 0 Å². The van der Waals surface area contributed by atoms with Crippen molar-refractivity contribution in [2.75, 3.05) is 7.11 Å². The zero-order chi connectivity index (χ0) is 19.8. The standard InChI is InChI=1S/C25H27NO2/c1-20(25(27)28-2)24(23-16-10-5-11-17-23)26(18-21-12-6-3-7-13-21)19-22-14-8-4-9-15-22/h3-17,20,24H,18-19H2,1-2H3/t20-,24+/m0/s1. The van der Waals surface area contributed by atoms with Crippen LogP contribution in [0.1, 0.15) is 29.7 Å². The number of hydrogen-bond donors (Lipinski definition) is 0. The zero-order valence-corrected chi connectivity index (χ0v) is 16.5. The number of carbonyl (C=O) groups is 1. The molecular formula is C25H27NO2. The van der Waals surface area contributed by atoms with Gasteiger partial charge in [0.15, 0.2) is 0 Å². The average Bonchev–Trinajstić information content (AvgIpc) is 2.75. The van der Waals surface area contributed by atoms with Crippen LogP contribution in [-0.4, -0.2) is 18.0 Å². The molecule has 0 saturated carbocycles. The van der Waals surface area contributed by atoms with Crippen molar-refractivity contribution in [3.8, 4) is 0 Å². The number of methoxy groups -OCH3 is 1. The maximum atomic E-state index is 12.5. The third kappa shape index (κ3) is 5.08. The van der Waals surface area contributed by atoms with Crippen LogP contribution in [0.25, 0.3) is 0 Å². The summed E-state index contributed by atoms with van der Waals surface area (Å²) in [4.78, 5) is 14.8. The Labute approximate surface area is 167 Å². The summed E-state index contributed by atoms with van der Waals surface area (Å²) < 4.78 is 5.10. The molecule has 0 N–H and O–H groups in total. The number of carbonyl (C=O) groups excluding carboxylic acids is 1. The van der Waals surface area contributed by atoms with Crippen LogP contribution in [0.15, 0.2) is 91.0 Å². The number of nitrogens with zero attached hydrogens (tertiary/aromatic N) is 1. The minimum Gasteiger partial charge on any atom is -0.469 e. The quantitative estimate of drug-likeness (QED) is 0.506. The van der Waals surface area contributed by atoms with Crippen molar-refractivity contribution in [2.45, 2.75) is 26.1 Å². The lowest BCUT2D eigenvalue weighted by Gasteiger charge is -2.35. The normalized spacial score (nSPS) is 13.1. The molecule has 0 aliphatic heterocycles. The fourth-order valence-corrected chi connectivity index (χ4v) is 3.67. The summed E-state index contributed by atoms with van der Waals surface area (Å²) in [6.45, 7) is 3.44. The molecule has 0 radical (unpaired) electrons. The lowest BCUT2D eigenvalue weighted by atomic mass is 9.92. The van der Waals surface area contributed by atoms with Gasteiger partial charge in [-0.25, -0.2) is 0 Å². The molecule has 0 bridgehead atoms. The molecule has 3 aromatic rings. The Balaban J connectivity index is 2.00. The SMILES string of the molecule is COC(=O)[C@@H](C)[C@H](c1ccccc1)N(Cc1ccccc1)Cc1ccccc1. The van der Waals surface area contributed by atoms with Gasteiger partial charge in [0.1, 0.15) is 0 Å². The molecule has 2 atom stereocenters. The second-order valence-electron chi connectivity index (χ2n) is 7.04. The number of hydrogen-bond acceptors (Lipinski definition) is 3. The summed E-state index contributed by atoms with van der Waals surface area (Å²) in [5.74, 6) is -0.486. The summed E-state index contributed by atoms with van der Waals surface area (Å²) in [7, 11) is 1.46. The van der Waals surface area contributed by atoms with E-state index >= 15 is 0 Å². The van der Waals surface area contributed by atoms with Gasteiger partial charge in [0.25, 0.3) is 0 Å². The third-order valence-corrected chi connectivity index (χ3v) is 5.04. The summed E-state index contributed by atoms with van der Waals surface area (Å²) in [5.41, 5.74) is 3.56. The van der Waals surface area contributed by atoms with E-state index in [0.717, 1.165) is 18.7 Å². The Morgan fingerprint density at radius 2 is 1.21 bits per heavy atom. The maximum absolute atomic E-state index is 12.5. The molecule has 0 heterocycles. The minimum absolute atomic E-state index is 0.0888. The van der Waals surface area contributed by atoms with Gasteiger partial charge in [-0.1, -0.05) is 97.9 Å². The van der Waals surface area contributed by atoms with Crippen LogP contribution < -0.4 is 0 Å². The highest BCUT2D eigenvalue weighted by Crippen LogP contribution is 2.32. The number of esters is 1. The lowest BCUT2D eigenvalue weighted by molar-refractivity contribution is -0.147. The molecule has 3 aromatic carbocycles. The van der Waals surface area contributed by atoms with E-state index in [1.165, 1.54) is 18.2 Å². The number of ether oxygens (including phenoxy) is 1. The molecule has 0 amide bonds. The lowest BCUT2D eigenvalue weighted by Crippen LogP contribution is -2.35. The molecule has 3 nitrogen and oxygen atoms in total. The minimum atomic E-state index is -0.292. The van der Waals surface area contributed by atoms with E-state index in [1.807, 2.05) is 37.3 Å². The predicted molar refractivity (Wildman–Crippen MR) is 112 cm³/mol. The van der Waals surface area contributed by atoms with Gasteiger partial charge in [0, 0.05) is 19.1 Å². The topological polar surface area (TPSA) is 29.5 Å². The zero-order valence-electron chi connectivity index (χ0n) is 16.5. The summed E-state index contributed by atoms with van der Waals surface area (Å²) in [6, 6.07) is 30.9. The highest BCUT2D eigenvalue weighted by Gasteiger charge is 2.31. The van der Waals surface area contributed by atoms with Crippen LogP contribution >= 0.6 is 0 Å². The van der Waals surface area contributed by atoms with Gasteiger partial charge >= 0.3 is 5.97 Å². The van der Waals surface area contributed by atoms with Crippen LogP contribution in [0.4, 0.5) is 0 Å².